The van der Waals surface area contributed by atoms with Crippen molar-refractivity contribution in [3.05, 3.63) is 52.0 Å². The molecule has 1 heterocycles. The van der Waals surface area contributed by atoms with E-state index in [9.17, 15) is 9.59 Å². The van der Waals surface area contributed by atoms with Gasteiger partial charge < -0.3 is 15.4 Å². The van der Waals surface area contributed by atoms with Crippen LogP contribution in [0.4, 0.5) is 0 Å². The van der Waals surface area contributed by atoms with Crippen molar-refractivity contribution < 1.29 is 14.3 Å². The number of ether oxygens (including phenoxy) is 1. The van der Waals surface area contributed by atoms with E-state index in [1.807, 2.05) is 23.6 Å². The molecule has 206 valence electrons. The number of hydrogen-bond donors (Lipinski definition) is 2. The maximum atomic E-state index is 13.2. The van der Waals surface area contributed by atoms with Crippen LogP contribution in [0.1, 0.15) is 93.9 Å². The van der Waals surface area contributed by atoms with Crippen molar-refractivity contribution in [2.24, 2.45) is 5.92 Å². The van der Waals surface area contributed by atoms with Crippen molar-refractivity contribution >= 4 is 23.7 Å². The first-order valence-electron chi connectivity index (χ1n) is 13.8. The van der Waals surface area contributed by atoms with Crippen molar-refractivity contribution in [3.8, 4) is 0 Å². The molecule has 0 radical (unpaired) electrons. The fraction of sp³-hybridized carbons (Fsp3) is 0.621. The third-order valence-electron chi connectivity index (χ3n) is 6.43. The van der Waals surface area contributed by atoms with E-state index < -0.39 is 0 Å². The van der Waals surface area contributed by atoms with Gasteiger partial charge in [-0.2, -0.15) is 0 Å². The highest BCUT2D eigenvalue weighted by molar-refractivity contribution is 7.09. The SMILES string of the molecule is CCCOC(CC(C(C)C)N(CCC)CNC=O)c1nc(C(=O)NC(CCC)Cc2ccccc2)cs1. The van der Waals surface area contributed by atoms with Gasteiger partial charge in [-0.15, -0.1) is 11.3 Å². The number of carbonyl (C=O) groups is 2. The van der Waals surface area contributed by atoms with Gasteiger partial charge in [0.1, 0.15) is 16.8 Å². The zero-order valence-corrected chi connectivity index (χ0v) is 24.1. The van der Waals surface area contributed by atoms with Gasteiger partial charge in [0.05, 0.1) is 6.67 Å². The van der Waals surface area contributed by atoms with E-state index in [1.54, 1.807) is 0 Å². The number of thiazole rings is 1. The molecule has 2 N–H and O–H groups in total. The van der Waals surface area contributed by atoms with Gasteiger partial charge in [0, 0.05) is 24.1 Å². The quantitative estimate of drug-likeness (QED) is 0.183. The van der Waals surface area contributed by atoms with Gasteiger partial charge in [0.25, 0.3) is 5.91 Å². The average molecular weight is 531 g/mol. The summed E-state index contributed by atoms with van der Waals surface area (Å²) in [6.07, 6.45) is 5.91. The lowest BCUT2D eigenvalue weighted by Gasteiger charge is -2.36. The van der Waals surface area contributed by atoms with E-state index in [1.165, 1.54) is 16.9 Å². The molecule has 1 aromatic heterocycles. The monoisotopic (exact) mass is 530 g/mol. The molecule has 0 saturated heterocycles. The summed E-state index contributed by atoms with van der Waals surface area (Å²) in [6.45, 7) is 12.8. The highest BCUT2D eigenvalue weighted by Crippen LogP contribution is 2.30. The Bertz CT molecular complexity index is 906. The minimum atomic E-state index is -0.203. The van der Waals surface area contributed by atoms with Gasteiger partial charge in [-0.25, -0.2) is 4.98 Å². The molecule has 2 rings (SSSR count). The highest BCUT2D eigenvalue weighted by Gasteiger charge is 2.28. The molecule has 0 spiro atoms. The predicted molar refractivity (Wildman–Crippen MR) is 152 cm³/mol. The molecule has 37 heavy (non-hydrogen) atoms. The van der Waals surface area contributed by atoms with Gasteiger partial charge in [0.15, 0.2) is 0 Å². The molecule has 8 heteroatoms. The minimum Gasteiger partial charge on any atom is -0.371 e. The topological polar surface area (TPSA) is 83.6 Å². The lowest BCUT2D eigenvalue weighted by atomic mass is 9.96. The maximum absolute atomic E-state index is 13.2. The number of nitrogens with zero attached hydrogens (tertiary/aromatic N) is 2. The fourth-order valence-corrected chi connectivity index (χ4v) is 5.50. The molecule has 0 aliphatic carbocycles. The smallest absolute Gasteiger partial charge is 0.270 e. The number of benzene rings is 1. The Morgan fingerprint density at radius 1 is 1.14 bits per heavy atom. The number of rotatable bonds is 19. The molecule has 0 saturated carbocycles. The molecular formula is C29H46N4O3S. The molecule has 2 amide bonds. The lowest BCUT2D eigenvalue weighted by molar-refractivity contribution is -0.110. The Morgan fingerprint density at radius 2 is 1.89 bits per heavy atom. The van der Waals surface area contributed by atoms with Gasteiger partial charge >= 0.3 is 0 Å². The van der Waals surface area contributed by atoms with Crippen LogP contribution >= 0.6 is 11.3 Å². The molecule has 2 aromatic rings. The predicted octanol–water partition coefficient (Wildman–Crippen LogP) is 5.58. The summed E-state index contributed by atoms with van der Waals surface area (Å²) in [7, 11) is 0. The van der Waals surface area contributed by atoms with Crippen LogP contribution in [0.15, 0.2) is 35.7 Å². The van der Waals surface area contributed by atoms with Crippen LogP contribution in [-0.4, -0.2) is 54.1 Å². The van der Waals surface area contributed by atoms with Crippen LogP contribution in [0.5, 0.6) is 0 Å². The van der Waals surface area contributed by atoms with Crippen LogP contribution in [0.25, 0.3) is 0 Å². The summed E-state index contributed by atoms with van der Waals surface area (Å²) in [6, 6.07) is 10.5. The Balaban J connectivity index is 2.17. The van der Waals surface area contributed by atoms with E-state index in [-0.39, 0.29) is 24.1 Å². The summed E-state index contributed by atoms with van der Waals surface area (Å²) in [5.41, 5.74) is 1.67. The molecule has 0 aliphatic heterocycles. The van der Waals surface area contributed by atoms with E-state index in [4.69, 9.17) is 9.72 Å². The normalized spacial score (nSPS) is 13.9. The van der Waals surface area contributed by atoms with Gasteiger partial charge in [-0.1, -0.05) is 71.4 Å². The van der Waals surface area contributed by atoms with Crippen molar-refractivity contribution in [2.45, 2.75) is 91.3 Å². The van der Waals surface area contributed by atoms with Crippen LogP contribution in [-0.2, 0) is 16.0 Å². The zero-order valence-electron chi connectivity index (χ0n) is 23.2. The highest BCUT2D eigenvalue weighted by atomic mass is 32.1. The van der Waals surface area contributed by atoms with Gasteiger partial charge in [-0.3, -0.25) is 14.5 Å². The molecule has 0 aliphatic rings. The number of aromatic nitrogens is 1. The Kier molecular flexibility index (Phi) is 14.4. The second-order valence-corrected chi connectivity index (χ2v) is 10.8. The minimum absolute atomic E-state index is 0.0652. The van der Waals surface area contributed by atoms with E-state index in [0.717, 1.165) is 56.5 Å². The second-order valence-electron chi connectivity index (χ2n) is 9.92. The summed E-state index contributed by atoms with van der Waals surface area (Å²) < 4.78 is 6.28. The van der Waals surface area contributed by atoms with Crippen LogP contribution in [0.2, 0.25) is 0 Å². The number of nitrogens with one attached hydrogen (secondary N) is 2. The number of hydrogen-bond acceptors (Lipinski definition) is 6. The third kappa shape index (κ3) is 10.5. The van der Waals surface area contributed by atoms with E-state index in [0.29, 0.717) is 24.9 Å². The summed E-state index contributed by atoms with van der Waals surface area (Å²) in [4.78, 5) is 31.2. The Morgan fingerprint density at radius 3 is 2.51 bits per heavy atom. The van der Waals surface area contributed by atoms with Gasteiger partial charge in [0.2, 0.25) is 6.41 Å². The van der Waals surface area contributed by atoms with Gasteiger partial charge in [-0.05, 0) is 50.1 Å². The van der Waals surface area contributed by atoms with Crippen molar-refractivity contribution in [1.29, 1.82) is 0 Å². The standard InChI is InChI=1S/C29H46N4O3S/c1-6-12-24(17-23-13-10-9-11-14-23)31-28(35)25-19-37-29(32-25)27(36-16-8-3)18-26(22(4)5)33(15-7-2)20-30-21-34/h9-11,13-14,19,21-22,24,26-27H,6-8,12,15-18,20H2,1-5H3,(H,30,34)(H,31,35). The molecule has 7 nitrogen and oxygen atoms in total. The number of amides is 2. The molecule has 0 fully saturated rings. The third-order valence-corrected chi connectivity index (χ3v) is 7.37. The van der Waals surface area contributed by atoms with Crippen LogP contribution in [0.3, 0.4) is 0 Å². The Hall–Kier alpha value is -2.29. The summed E-state index contributed by atoms with van der Waals surface area (Å²) >= 11 is 1.49. The van der Waals surface area contributed by atoms with E-state index >= 15 is 0 Å². The second kappa shape index (κ2) is 17.3. The molecule has 3 unspecified atom stereocenters. The van der Waals surface area contributed by atoms with Crippen molar-refractivity contribution in [3.63, 3.8) is 0 Å². The van der Waals surface area contributed by atoms with E-state index in [2.05, 4.69) is 62.3 Å². The first-order valence-corrected chi connectivity index (χ1v) is 14.6. The largest absolute Gasteiger partial charge is 0.371 e. The van der Waals surface area contributed by atoms with Crippen LogP contribution in [0, 0.1) is 5.92 Å². The molecular weight excluding hydrogens is 484 g/mol. The molecule has 1 aromatic carbocycles. The lowest BCUT2D eigenvalue weighted by Crippen LogP contribution is -2.45. The molecule has 0 bridgehead atoms. The fourth-order valence-electron chi connectivity index (χ4n) is 4.64. The Labute approximate surface area is 227 Å². The molecule has 3 atom stereocenters. The van der Waals surface area contributed by atoms with Crippen LogP contribution < -0.4 is 10.6 Å². The first-order chi connectivity index (χ1) is 17.9. The average Bonchev–Trinajstić information content (AvgIpc) is 3.38. The van der Waals surface area contributed by atoms with Crippen molar-refractivity contribution in [2.75, 3.05) is 19.8 Å². The first kappa shape index (κ1) is 30.9. The number of carbonyl (C=O) groups excluding carboxylic acids is 2. The summed E-state index contributed by atoms with van der Waals surface area (Å²) in [5.74, 6) is 0.234. The zero-order chi connectivity index (χ0) is 27.0. The maximum Gasteiger partial charge on any atom is 0.270 e. The van der Waals surface area contributed by atoms with Crippen molar-refractivity contribution in [1.82, 2.24) is 20.5 Å². The summed E-state index contributed by atoms with van der Waals surface area (Å²) in [5, 5.41) is 8.72.